The van der Waals surface area contributed by atoms with E-state index in [0.29, 0.717) is 28.1 Å². The van der Waals surface area contributed by atoms with E-state index in [1.807, 2.05) is 0 Å². The van der Waals surface area contributed by atoms with Crippen LogP contribution >= 0.6 is 0 Å². The Hall–Kier alpha value is -4.91. The molecule has 1 spiro atoms. The van der Waals surface area contributed by atoms with Crippen LogP contribution in [0.3, 0.4) is 0 Å². The molecule has 3 atom stereocenters. The SMILES string of the molecule is COc1cccc(C(=O)C2C(c3ccc(F)cc3)C3(C(=O)c4ccccc4C3=O)C3C=Cc4cc(F)ccc4N23)c1. The van der Waals surface area contributed by atoms with Crippen molar-refractivity contribution >= 4 is 29.1 Å². The highest BCUT2D eigenvalue weighted by Crippen LogP contribution is 2.61. The van der Waals surface area contributed by atoms with Gasteiger partial charge in [-0.15, -0.1) is 0 Å². The fraction of sp³-hybridized carbons (Fsp3) is 0.147. The number of anilines is 1. The minimum Gasteiger partial charge on any atom is -0.497 e. The van der Waals surface area contributed by atoms with Gasteiger partial charge in [-0.25, -0.2) is 8.78 Å². The van der Waals surface area contributed by atoms with E-state index in [2.05, 4.69) is 0 Å². The molecule has 7 rings (SSSR count). The Labute approximate surface area is 234 Å². The zero-order valence-corrected chi connectivity index (χ0v) is 21.9. The van der Waals surface area contributed by atoms with Gasteiger partial charge in [-0.3, -0.25) is 14.4 Å². The molecule has 1 saturated heterocycles. The molecular weight excluding hydrogens is 524 g/mol. The molecule has 0 bridgehead atoms. The molecule has 0 N–H and O–H groups in total. The van der Waals surface area contributed by atoms with Gasteiger partial charge >= 0.3 is 0 Å². The van der Waals surface area contributed by atoms with Gasteiger partial charge in [-0.05, 0) is 48.0 Å². The maximum absolute atomic E-state index is 14.6. The van der Waals surface area contributed by atoms with Gasteiger partial charge in [-0.2, -0.15) is 0 Å². The quantitative estimate of drug-likeness (QED) is 0.222. The molecule has 2 aliphatic heterocycles. The second-order valence-corrected chi connectivity index (χ2v) is 10.6. The number of hydrogen-bond donors (Lipinski definition) is 0. The lowest BCUT2D eigenvalue weighted by Gasteiger charge is -2.37. The molecule has 4 aromatic carbocycles. The predicted molar refractivity (Wildman–Crippen MR) is 149 cm³/mol. The molecule has 7 heteroatoms. The van der Waals surface area contributed by atoms with E-state index < -0.39 is 46.6 Å². The highest BCUT2D eigenvalue weighted by Gasteiger charge is 2.71. The van der Waals surface area contributed by atoms with Gasteiger partial charge in [0.1, 0.15) is 28.8 Å². The second-order valence-electron chi connectivity index (χ2n) is 10.6. The summed E-state index contributed by atoms with van der Waals surface area (Å²) in [5.41, 5.74) is 0.716. The number of nitrogens with zero attached hydrogens (tertiary/aromatic N) is 1. The number of halogens is 2. The van der Waals surface area contributed by atoms with Crippen LogP contribution in [0.1, 0.15) is 48.1 Å². The van der Waals surface area contributed by atoms with Crippen LogP contribution < -0.4 is 9.64 Å². The number of rotatable bonds is 4. The number of carbonyl (C=O) groups excluding carboxylic acids is 3. The Morgan fingerprint density at radius 3 is 2.20 bits per heavy atom. The zero-order chi connectivity index (χ0) is 28.5. The first-order valence-electron chi connectivity index (χ1n) is 13.2. The molecule has 1 fully saturated rings. The Kier molecular flexibility index (Phi) is 5.54. The number of benzene rings is 4. The third-order valence-electron chi connectivity index (χ3n) is 8.62. The summed E-state index contributed by atoms with van der Waals surface area (Å²) in [5.74, 6) is -2.58. The standard InChI is InChI=1S/C34H23F2NO4/c1-41-24-6-4-5-21(18-24)31(38)30-29(19-9-12-22(35)13-10-19)34(32(39)25-7-2-3-8-26(25)33(34)40)28-16-11-20-17-23(36)14-15-27(20)37(28)30/h2-18,28-30H,1H3. The van der Waals surface area contributed by atoms with Crippen molar-refractivity contribution in [2.45, 2.75) is 18.0 Å². The lowest BCUT2D eigenvalue weighted by molar-refractivity contribution is 0.0666. The number of fused-ring (bicyclic) bond motifs is 5. The molecule has 41 heavy (non-hydrogen) atoms. The van der Waals surface area contributed by atoms with Crippen molar-refractivity contribution in [1.29, 1.82) is 0 Å². The van der Waals surface area contributed by atoms with E-state index in [1.54, 1.807) is 71.6 Å². The van der Waals surface area contributed by atoms with Crippen LogP contribution in [0.4, 0.5) is 14.5 Å². The normalized spacial score (nSPS) is 21.5. The summed E-state index contributed by atoms with van der Waals surface area (Å²) in [6, 6.07) is 21.3. The van der Waals surface area contributed by atoms with E-state index in [9.17, 15) is 23.2 Å². The molecule has 202 valence electrons. The number of carbonyl (C=O) groups is 3. The molecule has 3 unspecified atom stereocenters. The average molecular weight is 548 g/mol. The van der Waals surface area contributed by atoms with Gasteiger partial charge in [-0.1, -0.05) is 60.7 Å². The number of ether oxygens (including phenoxy) is 1. The van der Waals surface area contributed by atoms with Gasteiger partial charge < -0.3 is 9.64 Å². The van der Waals surface area contributed by atoms with Crippen molar-refractivity contribution in [3.05, 3.63) is 137 Å². The minimum absolute atomic E-state index is 0.289. The highest BCUT2D eigenvalue weighted by atomic mass is 19.1. The van der Waals surface area contributed by atoms with Crippen molar-refractivity contribution in [3.63, 3.8) is 0 Å². The van der Waals surface area contributed by atoms with E-state index in [1.165, 1.54) is 43.5 Å². The van der Waals surface area contributed by atoms with Crippen LogP contribution in [0.2, 0.25) is 0 Å². The summed E-state index contributed by atoms with van der Waals surface area (Å²) in [6.45, 7) is 0. The van der Waals surface area contributed by atoms with Gasteiger partial charge in [0, 0.05) is 33.9 Å². The highest BCUT2D eigenvalue weighted by molar-refractivity contribution is 6.32. The first-order valence-corrected chi connectivity index (χ1v) is 13.2. The third kappa shape index (κ3) is 3.41. The summed E-state index contributed by atoms with van der Waals surface area (Å²) in [4.78, 5) is 45.5. The van der Waals surface area contributed by atoms with Crippen LogP contribution in [0, 0.1) is 17.0 Å². The Bertz CT molecular complexity index is 1760. The number of Topliss-reactive ketones (excluding diaryl/α,β-unsaturated/α-hetero) is 3. The van der Waals surface area contributed by atoms with E-state index in [4.69, 9.17) is 4.74 Å². The number of ketones is 3. The van der Waals surface area contributed by atoms with Crippen molar-refractivity contribution in [2.24, 2.45) is 5.41 Å². The fourth-order valence-electron chi connectivity index (χ4n) is 6.94. The maximum Gasteiger partial charge on any atom is 0.186 e. The summed E-state index contributed by atoms with van der Waals surface area (Å²) >= 11 is 0. The summed E-state index contributed by atoms with van der Waals surface area (Å²) < 4.78 is 33.9. The van der Waals surface area contributed by atoms with E-state index in [0.717, 1.165) is 0 Å². The zero-order valence-electron chi connectivity index (χ0n) is 21.9. The molecule has 0 radical (unpaired) electrons. The Morgan fingerprint density at radius 1 is 0.829 bits per heavy atom. The monoisotopic (exact) mass is 547 g/mol. The van der Waals surface area contributed by atoms with E-state index >= 15 is 0 Å². The Morgan fingerprint density at radius 2 is 1.51 bits per heavy atom. The largest absolute Gasteiger partial charge is 0.497 e. The lowest BCUT2D eigenvalue weighted by atomic mass is 9.64. The van der Waals surface area contributed by atoms with Crippen LogP contribution in [0.15, 0.2) is 97.1 Å². The van der Waals surface area contributed by atoms with Crippen LogP contribution in [-0.4, -0.2) is 36.5 Å². The van der Waals surface area contributed by atoms with Crippen molar-refractivity contribution in [3.8, 4) is 5.75 Å². The summed E-state index contributed by atoms with van der Waals surface area (Å²) in [7, 11) is 1.50. The minimum atomic E-state index is -1.72. The number of methoxy groups -OCH3 is 1. The van der Waals surface area contributed by atoms with Gasteiger partial charge in [0.25, 0.3) is 0 Å². The smallest absolute Gasteiger partial charge is 0.186 e. The Balaban J connectivity index is 1.54. The van der Waals surface area contributed by atoms with Gasteiger partial charge in [0.2, 0.25) is 0 Å². The van der Waals surface area contributed by atoms with Crippen molar-refractivity contribution < 1.29 is 27.9 Å². The molecule has 5 nitrogen and oxygen atoms in total. The number of hydrogen-bond acceptors (Lipinski definition) is 5. The van der Waals surface area contributed by atoms with Crippen LogP contribution in [0.5, 0.6) is 5.75 Å². The van der Waals surface area contributed by atoms with Crippen LogP contribution in [-0.2, 0) is 0 Å². The third-order valence-corrected chi connectivity index (χ3v) is 8.62. The van der Waals surface area contributed by atoms with Crippen molar-refractivity contribution in [1.82, 2.24) is 0 Å². The molecule has 1 aliphatic carbocycles. The molecule has 0 amide bonds. The molecule has 4 aromatic rings. The topological polar surface area (TPSA) is 63.7 Å². The second kappa shape index (κ2) is 9.06. The summed E-state index contributed by atoms with van der Waals surface area (Å²) in [5, 5.41) is 0. The molecule has 3 aliphatic rings. The lowest BCUT2D eigenvalue weighted by Crippen LogP contribution is -2.48. The molecular formula is C34H23F2NO4. The average Bonchev–Trinajstić information content (AvgIpc) is 3.43. The first-order chi connectivity index (χ1) is 19.9. The maximum atomic E-state index is 14.6. The molecule has 2 heterocycles. The molecule has 0 aromatic heterocycles. The van der Waals surface area contributed by atoms with Crippen LogP contribution in [0.25, 0.3) is 6.08 Å². The summed E-state index contributed by atoms with van der Waals surface area (Å²) in [6.07, 6.45) is 3.42. The van der Waals surface area contributed by atoms with Gasteiger partial charge in [0.15, 0.2) is 17.3 Å². The predicted octanol–water partition coefficient (Wildman–Crippen LogP) is 6.29. The first kappa shape index (κ1) is 25.1. The fourth-order valence-corrected chi connectivity index (χ4v) is 6.94. The van der Waals surface area contributed by atoms with Gasteiger partial charge in [0.05, 0.1) is 13.2 Å². The van der Waals surface area contributed by atoms with Crippen molar-refractivity contribution in [2.75, 3.05) is 12.0 Å². The van der Waals surface area contributed by atoms with E-state index in [-0.39, 0.29) is 16.9 Å². The molecule has 0 saturated carbocycles.